The lowest BCUT2D eigenvalue weighted by molar-refractivity contribution is 0.0931. The number of carbonyl (C=O) groups is 1. The molecule has 0 bridgehead atoms. The SMILES string of the molecule is CCC(CC#N)NC(=O)c1nc(C(C)C)ncc1Cl. The topological polar surface area (TPSA) is 78.7 Å². The van der Waals surface area contributed by atoms with Crippen LogP contribution in [0.2, 0.25) is 5.02 Å². The van der Waals surface area contributed by atoms with E-state index < -0.39 is 0 Å². The molecule has 0 aliphatic rings. The Bertz CT molecular complexity index is 496. The maximum absolute atomic E-state index is 12.1. The molecular weight excluding hydrogens is 264 g/mol. The van der Waals surface area contributed by atoms with E-state index in [9.17, 15) is 4.79 Å². The van der Waals surface area contributed by atoms with Crippen molar-refractivity contribution in [3.05, 3.63) is 22.7 Å². The Labute approximate surface area is 118 Å². The Morgan fingerprint density at radius 1 is 1.58 bits per heavy atom. The maximum atomic E-state index is 12.1. The molecule has 1 rings (SSSR count). The zero-order valence-corrected chi connectivity index (χ0v) is 12.0. The minimum Gasteiger partial charge on any atom is -0.347 e. The lowest BCUT2D eigenvalue weighted by Crippen LogP contribution is -2.35. The molecule has 1 heterocycles. The molecule has 5 nitrogen and oxygen atoms in total. The smallest absolute Gasteiger partial charge is 0.271 e. The van der Waals surface area contributed by atoms with E-state index in [-0.39, 0.29) is 35.0 Å². The summed E-state index contributed by atoms with van der Waals surface area (Å²) in [7, 11) is 0. The number of rotatable bonds is 5. The largest absolute Gasteiger partial charge is 0.347 e. The summed E-state index contributed by atoms with van der Waals surface area (Å²) in [5.74, 6) is 0.323. The third-order valence-corrected chi connectivity index (χ3v) is 2.94. The molecule has 0 spiro atoms. The molecule has 0 saturated carbocycles. The quantitative estimate of drug-likeness (QED) is 0.899. The molecule has 0 aliphatic carbocycles. The number of amides is 1. The van der Waals surface area contributed by atoms with Crippen LogP contribution in [0, 0.1) is 11.3 Å². The highest BCUT2D eigenvalue weighted by atomic mass is 35.5. The van der Waals surface area contributed by atoms with Gasteiger partial charge >= 0.3 is 0 Å². The summed E-state index contributed by atoms with van der Waals surface area (Å²) >= 11 is 5.95. The fourth-order valence-electron chi connectivity index (χ4n) is 1.48. The molecule has 1 atom stereocenters. The second kappa shape index (κ2) is 7.05. The lowest BCUT2D eigenvalue weighted by Gasteiger charge is -2.14. The van der Waals surface area contributed by atoms with Crippen LogP contribution < -0.4 is 5.32 Å². The first kappa shape index (κ1) is 15.4. The first-order valence-electron chi connectivity index (χ1n) is 6.19. The molecule has 1 amide bonds. The van der Waals surface area contributed by atoms with Crippen molar-refractivity contribution in [2.45, 2.75) is 45.6 Å². The van der Waals surface area contributed by atoms with E-state index >= 15 is 0 Å². The first-order valence-corrected chi connectivity index (χ1v) is 6.57. The van der Waals surface area contributed by atoms with Gasteiger partial charge in [-0.15, -0.1) is 0 Å². The van der Waals surface area contributed by atoms with Crippen LogP contribution in [0.4, 0.5) is 0 Å². The van der Waals surface area contributed by atoms with Crippen molar-refractivity contribution in [1.29, 1.82) is 5.26 Å². The second-order valence-corrected chi connectivity index (χ2v) is 4.93. The minimum absolute atomic E-state index is 0.116. The second-order valence-electron chi connectivity index (χ2n) is 4.52. The van der Waals surface area contributed by atoms with Gasteiger partial charge in [0.05, 0.1) is 23.7 Å². The van der Waals surface area contributed by atoms with Crippen molar-refractivity contribution in [2.75, 3.05) is 0 Å². The van der Waals surface area contributed by atoms with E-state index in [1.807, 2.05) is 26.8 Å². The van der Waals surface area contributed by atoms with Gasteiger partial charge in [0, 0.05) is 12.0 Å². The fraction of sp³-hybridized carbons (Fsp3) is 0.538. The summed E-state index contributed by atoms with van der Waals surface area (Å²) in [6, 6.07) is 1.85. The van der Waals surface area contributed by atoms with E-state index in [1.165, 1.54) is 6.20 Å². The lowest BCUT2D eigenvalue weighted by atomic mass is 10.1. The number of hydrogen-bond acceptors (Lipinski definition) is 4. The molecule has 0 radical (unpaired) electrons. The standard InChI is InChI=1S/C13H17ClN4O/c1-4-9(5-6-15)17-13(19)11-10(14)7-16-12(18-11)8(2)3/h7-9H,4-5H2,1-3H3,(H,17,19). The van der Waals surface area contributed by atoms with Crippen molar-refractivity contribution >= 4 is 17.5 Å². The third kappa shape index (κ3) is 4.18. The van der Waals surface area contributed by atoms with Gasteiger partial charge in [-0.05, 0) is 6.42 Å². The van der Waals surface area contributed by atoms with Gasteiger partial charge in [-0.25, -0.2) is 9.97 Å². The van der Waals surface area contributed by atoms with Gasteiger partial charge in [-0.1, -0.05) is 32.4 Å². The van der Waals surface area contributed by atoms with Crippen LogP contribution >= 0.6 is 11.6 Å². The monoisotopic (exact) mass is 280 g/mol. The molecule has 0 aliphatic heterocycles. The molecule has 1 aromatic heterocycles. The van der Waals surface area contributed by atoms with E-state index in [0.717, 1.165) is 0 Å². The number of nitrogens with one attached hydrogen (secondary N) is 1. The normalized spacial score (nSPS) is 12.0. The summed E-state index contributed by atoms with van der Waals surface area (Å²) in [5, 5.41) is 11.6. The fourth-order valence-corrected chi connectivity index (χ4v) is 1.66. The highest BCUT2D eigenvalue weighted by molar-refractivity contribution is 6.33. The molecule has 0 saturated heterocycles. The van der Waals surface area contributed by atoms with E-state index in [1.54, 1.807) is 0 Å². The Hall–Kier alpha value is -1.67. The molecule has 1 N–H and O–H groups in total. The third-order valence-electron chi connectivity index (χ3n) is 2.66. The number of nitriles is 1. The predicted octanol–water partition coefficient (Wildman–Crippen LogP) is 2.68. The number of nitrogens with zero attached hydrogens (tertiary/aromatic N) is 3. The molecular formula is C13H17ClN4O. The van der Waals surface area contributed by atoms with Gasteiger partial charge in [0.1, 0.15) is 11.5 Å². The van der Waals surface area contributed by atoms with Crippen molar-refractivity contribution in [3.8, 4) is 6.07 Å². The highest BCUT2D eigenvalue weighted by Crippen LogP contribution is 2.16. The summed E-state index contributed by atoms with van der Waals surface area (Å²) in [6.07, 6.45) is 2.38. The van der Waals surface area contributed by atoms with Crippen LogP contribution in [0.3, 0.4) is 0 Å². The molecule has 0 aromatic carbocycles. The number of halogens is 1. The number of carbonyl (C=O) groups excluding carboxylic acids is 1. The average Bonchev–Trinajstić information content (AvgIpc) is 2.38. The maximum Gasteiger partial charge on any atom is 0.271 e. The van der Waals surface area contributed by atoms with Crippen LogP contribution in [0.1, 0.15) is 55.8 Å². The van der Waals surface area contributed by atoms with E-state index in [0.29, 0.717) is 12.2 Å². The van der Waals surface area contributed by atoms with Crippen molar-refractivity contribution in [2.24, 2.45) is 0 Å². The van der Waals surface area contributed by atoms with Gasteiger partial charge in [-0.2, -0.15) is 5.26 Å². The first-order chi connectivity index (χ1) is 8.99. The van der Waals surface area contributed by atoms with Gasteiger partial charge in [0.25, 0.3) is 5.91 Å². The Kier molecular flexibility index (Phi) is 5.71. The van der Waals surface area contributed by atoms with Crippen molar-refractivity contribution in [3.63, 3.8) is 0 Å². The summed E-state index contributed by atoms with van der Waals surface area (Å²) in [5.41, 5.74) is 0.164. The zero-order chi connectivity index (χ0) is 14.4. The molecule has 102 valence electrons. The van der Waals surface area contributed by atoms with Gasteiger partial charge < -0.3 is 5.32 Å². The van der Waals surface area contributed by atoms with Crippen LogP contribution in [-0.4, -0.2) is 21.9 Å². The van der Waals surface area contributed by atoms with Crippen molar-refractivity contribution < 1.29 is 4.79 Å². The van der Waals surface area contributed by atoms with E-state index in [4.69, 9.17) is 16.9 Å². The molecule has 19 heavy (non-hydrogen) atoms. The van der Waals surface area contributed by atoms with Crippen molar-refractivity contribution in [1.82, 2.24) is 15.3 Å². The summed E-state index contributed by atoms with van der Waals surface area (Å²) in [4.78, 5) is 20.4. The minimum atomic E-state index is -0.364. The van der Waals surface area contributed by atoms with Crippen LogP contribution in [0.15, 0.2) is 6.20 Å². The summed E-state index contributed by atoms with van der Waals surface area (Å²) in [6.45, 7) is 5.79. The highest BCUT2D eigenvalue weighted by Gasteiger charge is 2.18. The zero-order valence-electron chi connectivity index (χ0n) is 11.3. The van der Waals surface area contributed by atoms with E-state index in [2.05, 4.69) is 15.3 Å². The average molecular weight is 281 g/mol. The Morgan fingerprint density at radius 3 is 2.79 bits per heavy atom. The Morgan fingerprint density at radius 2 is 2.26 bits per heavy atom. The van der Waals surface area contributed by atoms with Gasteiger partial charge in [0.2, 0.25) is 0 Å². The van der Waals surface area contributed by atoms with Crippen LogP contribution in [0.5, 0.6) is 0 Å². The number of aromatic nitrogens is 2. The molecule has 0 fully saturated rings. The van der Waals surface area contributed by atoms with Crippen LogP contribution in [-0.2, 0) is 0 Å². The molecule has 1 unspecified atom stereocenters. The van der Waals surface area contributed by atoms with Gasteiger partial charge in [-0.3, -0.25) is 4.79 Å². The molecule has 1 aromatic rings. The Balaban J connectivity index is 2.93. The van der Waals surface area contributed by atoms with Gasteiger partial charge in [0.15, 0.2) is 0 Å². The molecule has 6 heteroatoms. The van der Waals surface area contributed by atoms with Crippen LogP contribution in [0.25, 0.3) is 0 Å². The summed E-state index contributed by atoms with van der Waals surface area (Å²) < 4.78 is 0. The predicted molar refractivity (Wildman–Crippen MR) is 72.9 cm³/mol. The number of hydrogen-bond donors (Lipinski definition) is 1.